The van der Waals surface area contributed by atoms with Gasteiger partial charge >= 0.3 is 5.69 Å². The Morgan fingerprint density at radius 2 is 2.00 bits per heavy atom. The number of H-pyrrole nitrogens is 1. The molecule has 0 aliphatic heterocycles. The molecule has 0 radical (unpaired) electrons. The van der Waals surface area contributed by atoms with E-state index >= 15 is 0 Å². The van der Waals surface area contributed by atoms with Crippen molar-refractivity contribution in [1.82, 2.24) is 23.7 Å². The van der Waals surface area contributed by atoms with E-state index in [4.69, 9.17) is 11.6 Å². The predicted octanol–water partition coefficient (Wildman–Crippen LogP) is 2.38. The van der Waals surface area contributed by atoms with Gasteiger partial charge in [0.25, 0.3) is 5.56 Å². The fourth-order valence-electron chi connectivity index (χ4n) is 2.99. The fraction of sp³-hybridized carbons (Fsp3) is 0.188. The van der Waals surface area contributed by atoms with Gasteiger partial charge in [-0.25, -0.2) is 9.78 Å². The number of halogens is 2. The van der Waals surface area contributed by atoms with Crippen LogP contribution in [-0.4, -0.2) is 23.7 Å². The van der Waals surface area contributed by atoms with Gasteiger partial charge in [-0.2, -0.15) is 0 Å². The second-order valence-corrected chi connectivity index (χ2v) is 6.96. The van der Waals surface area contributed by atoms with Gasteiger partial charge in [0.05, 0.1) is 17.1 Å². The first-order valence-electron chi connectivity index (χ1n) is 7.46. The standard InChI is InChI=1S/C16H13BrClN5O2/c1-21-12-13(20-15(21)17)22(2)16(25)23(14(12)24)7-9-6-8-4-3-5-10(18)11(8)19-9/h3-6,19H,7H2,1-2H3. The summed E-state index contributed by atoms with van der Waals surface area (Å²) in [6.07, 6.45) is 0. The van der Waals surface area contributed by atoms with Crippen molar-refractivity contribution in [3.8, 4) is 0 Å². The smallest absolute Gasteiger partial charge is 0.332 e. The minimum absolute atomic E-state index is 0.120. The Hall–Kier alpha value is -2.32. The molecule has 0 fully saturated rings. The number of nitrogens with zero attached hydrogens (tertiary/aromatic N) is 4. The molecule has 0 aliphatic carbocycles. The van der Waals surface area contributed by atoms with Gasteiger partial charge in [-0.1, -0.05) is 23.7 Å². The van der Waals surface area contributed by atoms with E-state index in [2.05, 4.69) is 25.9 Å². The zero-order valence-electron chi connectivity index (χ0n) is 13.4. The molecule has 4 aromatic rings. The second kappa shape index (κ2) is 5.60. The Morgan fingerprint density at radius 3 is 2.72 bits per heavy atom. The van der Waals surface area contributed by atoms with Gasteiger partial charge in [0.15, 0.2) is 15.9 Å². The summed E-state index contributed by atoms with van der Waals surface area (Å²) in [5, 5.41) is 1.52. The average molecular weight is 423 g/mol. The Morgan fingerprint density at radius 1 is 1.24 bits per heavy atom. The third kappa shape index (κ3) is 2.36. The lowest BCUT2D eigenvalue weighted by Gasteiger charge is -2.07. The Balaban J connectivity index is 1.94. The van der Waals surface area contributed by atoms with E-state index in [1.165, 1.54) is 9.13 Å². The molecule has 0 aliphatic rings. The quantitative estimate of drug-likeness (QED) is 0.504. The highest BCUT2D eigenvalue weighted by molar-refractivity contribution is 9.10. The highest BCUT2D eigenvalue weighted by Crippen LogP contribution is 2.23. The molecule has 1 N–H and O–H groups in total. The summed E-state index contributed by atoms with van der Waals surface area (Å²) in [5.74, 6) is 0. The van der Waals surface area contributed by atoms with Crippen molar-refractivity contribution in [1.29, 1.82) is 0 Å². The zero-order chi connectivity index (χ0) is 17.9. The van der Waals surface area contributed by atoms with Gasteiger partial charge in [-0.05, 0) is 28.1 Å². The number of para-hydroxylation sites is 1. The number of aromatic nitrogens is 5. The van der Waals surface area contributed by atoms with Gasteiger partial charge in [-0.3, -0.25) is 13.9 Å². The monoisotopic (exact) mass is 421 g/mol. The lowest BCUT2D eigenvalue weighted by atomic mass is 10.2. The van der Waals surface area contributed by atoms with Crippen LogP contribution in [-0.2, 0) is 20.6 Å². The zero-order valence-corrected chi connectivity index (χ0v) is 15.7. The SMILES string of the molecule is Cn1c(Br)nc2c1c(=O)n(Cc1cc3cccc(Cl)c3[nH]1)c(=O)n2C. The predicted molar refractivity (Wildman–Crippen MR) is 100 cm³/mol. The third-order valence-electron chi connectivity index (χ3n) is 4.30. The van der Waals surface area contributed by atoms with Gasteiger partial charge in [0.1, 0.15) is 0 Å². The number of aromatic amines is 1. The molecule has 0 saturated heterocycles. The van der Waals surface area contributed by atoms with E-state index in [0.29, 0.717) is 20.9 Å². The van der Waals surface area contributed by atoms with E-state index < -0.39 is 5.69 Å². The molecule has 128 valence electrons. The van der Waals surface area contributed by atoms with Crippen LogP contribution in [0.1, 0.15) is 5.69 Å². The number of benzene rings is 1. The molecule has 4 rings (SSSR count). The molecule has 25 heavy (non-hydrogen) atoms. The summed E-state index contributed by atoms with van der Waals surface area (Å²) in [4.78, 5) is 32.9. The van der Waals surface area contributed by atoms with Crippen molar-refractivity contribution in [2.45, 2.75) is 6.54 Å². The van der Waals surface area contributed by atoms with E-state index in [9.17, 15) is 9.59 Å². The van der Waals surface area contributed by atoms with Crippen LogP contribution in [0.2, 0.25) is 5.02 Å². The summed E-state index contributed by atoms with van der Waals surface area (Å²) in [6, 6.07) is 7.45. The first-order valence-corrected chi connectivity index (χ1v) is 8.63. The van der Waals surface area contributed by atoms with Gasteiger partial charge in [-0.15, -0.1) is 0 Å². The van der Waals surface area contributed by atoms with Crippen molar-refractivity contribution in [3.05, 3.63) is 60.6 Å². The molecule has 0 unspecified atom stereocenters. The van der Waals surface area contributed by atoms with Crippen LogP contribution in [0.15, 0.2) is 38.6 Å². The van der Waals surface area contributed by atoms with Crippen LogP contribution >= 0.6 is 27.5 Å². The van der Waals surface area contributed by atoms with Crippen molar-refractivity contribution in [3.63, 3.8) is 0 Å². The van der Waals surface area contributed by atoms with Crippen LogP contribution in [0.4, 0.5) is 0 Å². The highest BCUT2D eigenvalue weighted by Gasteiger charge is 2.18. The highest BCUT2D eigenvalue weighted by atomic mass is 79.9. The lowest BCUT2D eigenvalue weighted by Crippen LogP contribution is -2.39. The van der Waals surface area contributed by atoms with E-state index in [0.717, 1.165) is 16.6 Å². The van der Waals surface area contributed by atoms with E-state index in [-0.39, 0.29) is 12.1 Å². The molecule has 9 heteroatoms. The fourth-order valence-corrected chi connectivity index (χ4v) is 3.56. The maximum atomic E-state index is 12.9. The number of hydrogen-bond donors (Lipinski definition) is 1. The van der Waals surface area contributed by atoms with Crippen molar-refractivity contribution in [2.75, 3.05) is 0 Å². The molecule has 0 amide bonds. The number of aryl methyl sites for hydroxylation is 2. The summed E-state index contributed by atoms with van der Waals surface area (Å²) >= 11 is 9.47. The molecule has 3 aromatic heterocycles. The first kappa shape index (κ1) is 16.2. The number of fused-ring (bicyclic) bond motifs is 2. The Labute approximate surface area is 154 Å². The summed E-state index contributed by atoms with van der Waals surface area (Å²) in [6.45, 7) is 0.120. The lowest BCUT2D eigenvalue weighted by molar-refractivity contribution is 0.648. The molecular weight excluding hydrogens is 410 g/mol. The van der Waals surface area contributed by atoms with Crippen LogP contribution in [0.25, 0.3) is 22.1 Å². The Kier molecular flexibility index (Phi) is 3.62. The third-order valence-corrected chi connectivity index (χ3v) is 5.32. The van der Waals surface area contributed by atoms with Crippen LogP contribution in [0.3, 0.4) is 0 Å². The van der Waals surface area contributed by atoms with Crippen LogP contribution < -0.4 is 11.2 Å². The van der Waals surface area contributed by atoms with Crippen molar-refractivity contribution < 1.29 is 0 Å². The van der Waals surface area contributed by atoms with E-state index in [1.807, 2.05) is 18.2 Å². The van der Waals surface area contributed by atoms with E-state index in [1.54, 1.807) is 24.7 Å². The van der Waals surface area contributed by atoms with Gasteiger partial charge in [0, 0.05) is 25.2 Å². The molecule has 0 spiro atoms. The summed E-state index contributed by atoms with van der Waals surface area (Å²) in [5.41, 5.74) is 1.41. The largest absolute Gasteiger partial charge is 0.356 e. The van der Waals surface area contributed by atoms with Crippen molar-refractivity contribution >= 4 is 49.6 Å². The van der Waals surface area contributed by atoms with Crippen LogP contribution in [0, 0.1) is 0 Å². The topological polar surface area (TPSA) is 77.6 Å². The average Bonchev–Trinajstić information content (AvgIpc) is 3.12. The normalized spacial score (nSPS) is 11.7. The van der Waals surface area contributed by atoms with Crippen molar-refractivity contribution in [2.24, 2.45) is 14.1 Å². The molecule has 1 aromatic carbocycles. The minimum atomic E-state index is -0.423. The maximum Gasteiger partial charge on any atom is 0.332 e. The molecular formula is C16H13BrClN5O2. The molecule has 3 heterocycles. The first-order chi connectivity index (χ1) is 11.9. The second-order valence-electron chi connectivity index (χ2n) is 5.84. The van der Waals surface area contributed by atoms with Crippen LogP contribution in [0.5, 0.6) is 0 Å². The van der Waals surface area contributed by atoms with Gasteiger partial charge < -0.3 is 9.55 Å². The number of hydrogen-bond acceptors (Lipinski definition) is 3. The minimum Gasteiger partial charge on any atom is -0.356 e. The number of nitrogens with one attached hydrogen (secondary N) is 1. The summed E-state index contributed by atoms with van der Waals surface area (Å²) < 4.78 is 4.67. The van der Waals surface area contributed by atoms with Gasteiger partial charge in [0.2, 0.25) is 0 Å². The maximum absolute atomic E-state index is 12.9. The molecule has 7 nitrogen and oxygen atoms in total. The Bertz CT molecular complexity index is 1260. The number of rotatable bonds is 2. The summed E-state index contributed by atoms with van der Waals surface area (Å²) in [7, 11) is 3.32. The molecule has 0 bridgehead atoms. The molecule has 0 atom stereocenters. The number of imidazole rings is 1. The molecule has 0 saturated carbocycles.